The maximum Gasteiger partial charge on any atom is 0.317 e. The number of hydrogen-bond donors (Lipinski definition) is 1. The number of carboxylic acids is 1. The summed E-state index contributed by atoms with van der Waals surface area (Å²) in [6.45, 7) is 6.67. The molecule has 0 aromatic heterocycles. The first-order valence-electron chi connectivity index (χ1n) is 6.15. The van der Waals surface area contributed by atoms with Gasteiger partial charge in [-0.25, -0.2) is 0 Å². The maximum atomic E-state index is 10.9. The second-order valence-electron chi connectivity index (χ2n) is 4.61. The Labute approximate surface area is 103 Å². The average Bonchev–Trinajstić information content (AvgIpc) is 2.26. The zero-order valence-electron chi connectivity index (χ0n) is 10.5. The van der Waals surface area contributed by atoms with E-state index in [1.165, 1.54) is 12.2 Å². The molecule has 1 heterocycles. The van der Waals surface area contributed by atoms with Gasteiger partial charge in [-0.2, -0.15) is 11.8 Å². The molecule has 0 radical (unpaired) electrons. The van der Waals surface area contributed by atoms with Crippen LogP contribution in [0.25, 0.3) is 0 Å². The van der Waals surface area contributed by atoms with Gasteiger partial charge < -0.3 is 5.11 Å². The summed E-state index contributed by atoms with van der Waals surface area (Å²) in [5.41, 5.74) is 0. The van der Waals surface area contributed by atoms with E-state index in [-0.39, 0.29) is 6.54 Å². The van der Waals surface area contributed by atoms with Crippen LogP contribution in [0.5, 0.6) is 0 Å². The van der Waals surface area contributed by atoms with Crippen molar-refractivity contribution in [2.24, 2.45) is 0 Å². The molecular weight excluding hydrogens is 222 g/mol. The monoisotopic (exact) mass is 245 g/mol. The molecular formula is C12H23NO2S. The van der Waals surface area contributed by atoms with Crippen molar-refractivity contribution in [2.45, 2.75) is 57.4 Å². The molecule has 0 aliphatic carbocycles. The Morgan fingerprint density at radius 3 is 2.81 bits per heavy atom. The molecule has 0 amide bonds. The van der Waals surface area contributed by atoms with Gasteiger partial charge in [-0.05, 0) is 31.9 Å². The predicted octanol–water partition coefficient (Wildman–Crippen LogP) is 2.46. The molecule has 1 aliphatic heterocycles. The largest absolute Gasteiger partial charge is 0.480 e. The maximum absolute atomic E-state index is 10.9. The molecule has 1 saturated heterocycles. The highest BCUT2D eigenvalue weighted by Gasteiger charge is 2.31. The molecule has 3 unspecified atom stereocenters. The van der Waals surface area contributed by atoms with Gasteiger partial charge in [0.15, 0.2) is 0 Å². The SMILES string of the molecule is CCC(C)N(CC(=O)O)C1CCCSC1C. The summed E-state index contributed by atoms with van der Waals surface area (Å²) in [6.07, 6.45) is 3.37. The standard InChI is InChI=1S/C12H23NO2S/c1-4-9(2)13(8-12(14)15)11-6-5-7-16-10(11)3/h9-11H,4-8H2,1-3H3,(H,14,15). The Hall–Kier alpha value is -0.220. The first kappa shape index (κ1) is 13.8. The number of hydrogen-bond acceptors (Lipinski definition) is 3. The van der Waals surface area contributed by atoms with Gasteiger partial charge in [-0.15, -0.1) is 0 Å². The highest BCUT2D eigenvalue weighted by atomic mass is 32.2. The van der Waals surface area contributed by atoms with Gasteiger partial charge in [0.25, 0.3) is 0 Å². The fourth-order valence-corrected chi connectivity index (χ4v) is 3.55. The van der Waals surface area contributed by atoms with E-state index in [2.05, 4.69) is 25.7 Å². The molecule has 0 aromatic carbocycles. The third-order valence-corrected chi connectivity index (χ3v) is 4.83. The van der Waals surface area contributed by atoms with E-state index < -0.39 is 5.97 Å². The Kier molecular flexibility index (Phi) is 5.62. The Morgan fingerprint density at radius 2 is 2.31 bits per heavy atom. The van der Waals surface area contributed by atoms with Crippen LogP contribution in [-0.2, 0) is 4.79 Å². The summed E-state index contributed by atoms with van der Waals surface area (Å²) in [7, 11) is 0. The van der Waals surface area contributed by atoms with Crippen LogP contribution in [0.15, 0.2) is 0 Å². The Morgan fingerprint density at radius 1 is 1.62 bits per heavy atom. The van der Waals surface area contributed by atoms with E-state index in [0.29, 0.717) is 17.3 Å². The number of nitrogens with zero attached hydrogens (tertiary/aromatic N) is 1. The number of thioether (sulfide) groups is 1. The van der Waals surface area contributed by atoms with Gasteiger partial charge in [0.05, 0.1) is 6.54 Å². The molecule has 1 fully saturated rings. The van der Waals surface area contributed by atoms with Gasteiger partial charge in [-0.3, -0.25) is 9.69 Å². The topological polar surface area (TPSA) is 40.5 Å². The molecule has 1 N–H and O–H groups in total. The van der Waals surface area contributed by atoms with Crippen LogP contribution in [0.4, 0.5) is 0 Å². The molecule has 16 heavy (non-hydrogen) atoms. The van der Waals surface area contributed by atoms with Crippen molar-refractivity contribution in [3.63, 3.8) is 0 Å². The first-order chi connectivity index (χ1) is 7.56. The van der Waals surface area contributed by atoms with Crippen LogP contribution >= 0.6 is 11.8 Å². The fraction of sp³-hybridized carbons (Fsp3) is 0.917. The summed E-state index contributed by atoms with van der Waals surface area (Å²) in [5.74, 6) is 0.516. The zero-order valence-corrected chi connectivity index (χ0v) is 11.3. The fourth-order valence-electron chi connectivity index (χ4n) is 2.33. The summed E-state index contributed by atoms with van der Waals surface area (Å²) < 4.78 is 0. The van der Waals surface area contributed by atoms with Gasteiger partial charge in [0.2, 0.25) is 0 Å². The number of aliphatic carboxylic acids is 1. The molecule has 0 aromatic rings. The lowest BCUT2D eigenvalue weighted by atomic mass is 10.0. The third-order valence-electron chi connectivity index (χ3n) is 3.47. The first-order valence-corrected chi connectivity index (χ1v) is 7.20. The van der Waals surface area contributed by atoms with Crippen LogP contribution < -0.4 is 0 Å². The minimum absolute atomic E-state index is 0.185. The van der Waals surface area contributed by atoms with Crippen molar-refractivity contribution in [3.05, 3.63) is 0 Å². The zero-order chi connectivity index (χ0) is 12.1. The minimum Gasteiger partial charge on any atom is -0.480 e. The molecule has 3 nitrogen and oxygen atoms in total. The summed E-state index contributed by atoms with van der Waals surface area (Å²) in [5, 5.41) is 9.55. The van der Waals surface area contributed by atoms with E-state index >= 15 is 0 Å². The molecule has 4 heteroatoms. The summed E-state index contributed by atoms with van der Waals surface area (Å²) in [4.78, 5) is 13.1. The summed E-state index contributed by atoms with van der Waals surface area (Å²) in [6, 6.07) is 0.798. The molecule has 94 valence electrons. The van der Waals surface area contributed by atoms with Gasteiger partial charge in [-0.1, -0.05) is 13.8 Å². The smallest absolute Gasteiger partial charge is 0.317 e. The third kappa shape index (κ3) is 3.67. The number of carbonyl (C=O) groups is 1. The lowest BCUT2D eigenvalue weighted by Crippen LogP contribution is -2.49. The van der Waals surface area contributed by atoms with E-state index in [1.54, 1.807) is 0 Å². The predicted molar refractivity (Wildman–Crippen MR) is 69.0 cm³/mol. The lowest BCUT2D eigenvalue weighted by molar-refractivity contribution is -0.139. The number of rotatable bonds is 5. The van der Waals surface area contributed by atoms with Crippen LogP contribution in [0, 0.1) is 0 Å². The van der Waals surface area contributed by atoms with E-state index in [0.717, 1.165) is 12.8 Å². The quantitative estimate of drug-likeness (QED) is 0.808. The lowest BCUT2D eigenvalue weighted by Gasteiger charge is -2.40. The Bertz CT molecular complexity index is 235. The second-order valence-corrected chi connectivity index (χ2v) is 6.09. The van der Waals surface area contributed by atoms with Crippen molar-refractivity contribution < 1.29 is 9.90 Å². The summed E-state index contributed by atoms with van der Waals surface area (Å²) >= 11 is 1.97. The van der Waals surface area contributed by atoms with Crippen LogP contribution in [0.3, 0.4) is 0 Å². The van der Waals surface area contributed by atoms with E-state index in [4.69, 9.17) is 5.11 Å². The number of carboxylic acid groups (broad SMARTS) is 1. The van der Waals surface area contributed by atoms with Crippen molar-refractivity contribution >= 4 is 17.7 Å². The van der Waals surface area contributed by atoms with Crippen molar-refractivity contribution in [1.82, 2.24) is 4.90 Å². The highest BCUT2D eigenvalue weighted by molar-refractivity contribution is 7.99. The van der Waals surface area contributed by atoms with Crippen molar-refractivity contribution in [3.8, 4) is 0 Å². The molecule has 3 atom stereocenters. The van der Waals surface area contributed by atoms with E-state index in [9.17, 15) is 4.79 Å². The van der Waals surface area contributed by atoms with Crippen LogP contribution in [0.1, 0.15) is 40.0 Å². The average molecular weight is 245 g/mol. The van der Waals surface area contributed by atoms with Gasteiger partial charge in [0.1, 0.15) is 0 Å². The van der Waals surface area contributed by atoms with Crippen molar-refractivity contribution in [1.29, 1.82) is 0 Å². The molecule has 1 rings (SSSR count). The van der Waals surface area contributed by atoms with Gasteiger partial charge in [0, 0.05) is 17.3 Å². The molecule has 0 bridgehead atoms. The van der Waals surface area contributed by atoms with Crippen LogP contribution in [-0.4, -0.2) is 45.6 Å². The minimum atomic E-state index is -0.705. The van der Waals surface area contributed by atoms with Crippen molar-refractivity contribution in [2.75, 3.05) is 12.3 Å². The highest BCUT2D eigenvalue weighted by Crippen LogP contribution is 2.30. The second kappa shape index (κ2) is 6.50. The van der Waals surface area contributed by atoms with E-state index in [1.807, 2.05) is 11.8 Å². The van der Waals surface area contributed by atoms with Crippen LogP contribution in [0.2, 0.25) is 0 Å². The molecule has 1 aliphatic rings. The van der Waals surface area contributed by atoms with Gasteiger partial charge >= 0.3 is 5.97 Å². The Balaban J connectivity index is 2.69. The normalized spacial score (nSPS) is 28.0. The molecule has 0 saturated carbocycles. The molecule has 0 spiro atoms.